The van der Waals surface area contributed by atoms with Gasteiger partial charge in [0.05, 0.1) is 31.3 Å². The van der Waals surface area contributed by atoms with Gasteiger partial charge in [-0.25, -0.2) is 4.57 Å². The number of aliphatic hydroxyl groups excluding tert-OH is 7. The number of phosphoric ester groups is 1. The summed E-state index contributed by atoms with van der Waals surface area (Å²) in [5.41, 5.74) is 0. The molecule has 0 aromatic carbocycles. The van der Waals surface area contributed by atoms with Crippen molar-refractivity contribution in [2.45, 2.75) is 261 Å². The number of hydrogen-bond acceptors (Lipinski definition) is 11. The van der Waals surface area contributed by atoms with Crippen molar-refractivity contribution in [2.24, 2.45) is 0 Å². The number of carbonyl (C=O) groups excluding carboxylic acids is 1. The highest BCUT2D eigenvalue weighted by molar-refractivity contribution is 7.47. The molecule has 0 heterocycles. The first-order chi connectivity index (χ1) is 31.3. The van der Waals surface area contributed by atoms with Gasteiger partial charge in [0.15, 0.2) is 0 Å². The van der Waals surface area contributed by atoms with Crippen LogP contribution in [0.4, 0.5) is 0 Å². The van der Waals surface area contributed by atoms with Crippen LogP contribution in [0.15, 0.2) is 48.6 Å². The van der Waals surface area contributed by atoms with Crippen LogP contribution in [0.1, 0.15) is 206 Å². The summed E-state index contributed by atoms with van der Waals surface area (Å²) in [6.07, 6.45) is 34.8. The largest absolute Gasteiger partial charge is 0.472 e. The molecule has 0 radical (unpaired) electrons. The van der Waals surface area contributed by atoms with Crippen LogP contribution in [0.2, 0.25) is 0 Å². The topological polar surface area (TPSA) is 226 Å². The smallest absolute Gasteiger partial charge is 0.393 e. The van der Waals surface area contributed by atoms with Crippen molar-refractivity contribution in [1.29, 1.82) is 0 Å². The molecule has 0 aromatic heterocycles. The molecule has 9 N–H and O–H groups in total. The fraction of sp³-hybridized carbons (Fsp3) is 0.824. The van der Waals surface area contributed by atoms with Gasteiger partial charge in [-0.15, -0.1) is 0 Å². The van der Waals surface area contributed by atoms with Gasteiger partial charge in [0.1, 0.15) is 36.6 Å². The number of aliphatic hydroxyl groups is 7. The molecule has 0 saturated heterocycles. The predicted molar refractivity (Wildman–Crippen MR) is 261 cm³/mol. The summed E-state index contributed by atoms with van der Waals surface area (Å²) in [7, 11) is -5.16. The lowest BCUT2D eigenvalue weighted by Gasteiger charge is -2.41. The second-order valence-corrected chi connectivity index (χ2v) is 19.6. The van der Waals surface area contributed by atoms with Crippen LogP contribution in [0.5, 0.6) is 0 Å². The molecule has 380 valence electrons. The Hall–Kier alpha value is -1.74. The standard InChI is InChI=1S/C51H94NO12P/c1-3-5-7-9-11-13-15-17-19-20-21-22-23-25-27-29-31-33-35-37-39-44(54)43(41-63-65(61,62)64-51-49(59)47(57)46(56)48(58)50(51)60)52-45(55)40-42(53)38-36-34-32-30-28-26-24-18-16-14-12-10-8-6-4-2/h18,22-24,29,31,37,39,42-44,46-51,53-54,56-60H,3-17,19-21,25-28,30,32-36,38,40-41H2,1-2H3,(H,52,55)(H,61,62)/b23-22+,24-18-,31-29+,39-37+. The molecule has 1 aliphatic carbocycles. The molecule has 8 atom stereocenters. The molecule has 1 rings (SSSR count). The highest BCUT2D eigenvalue weighted by atomic mass is 31.2. The number of nitrogens with one attached hydrogen (secondary N) is 1. The Morgan fingerprint density at radius 2 is 0.908 bits per heavy atom. The highest BCUT2D eigenvalue weighted by Crippen LogP contribution is 2.47. The van der Waals surface area contributed by atoms with Gasteiger partial charge in [0.25, 0.3) is 0 Å². The third kappa shape index (κ3) is 31.8. The van der Waals surface area contributed by atoms with E-state index in [0.29, 0.717) is 19.3 Å². The van der Waals surface area contributed by atoms with E-state index >= 15 is 0 Å². The minimum atomic E-state index is -5.16. The molecule has 0 bridgehead atoms. The number of carbonyl (C=O) groups is 1. The minimum absolute atomic E-state index is 0.262. The predicted octanol–water partition coefficient (Wildman–Crippen LogP) is 9.48. The molecule has 1 saturated carbocycles. The number of rotatable bonds is 42. The summed E-state index contributed by atoms with van der Waals surface area (Å²) >= 11 is 0. The van der Waals surface area contributed by atoms with E-state index in [2.05, 4.69) is 55.6 Å². The summed E-state index contributed by atoms with van der Waals surface area (Å²) in [6, 6.07) is -1.27. The Labute approximate surface area is 393 Å². The Bertz CT molecular complexity index is 1300. The van der Waals surface area contributed by atoms with E-state index in [1.54, 1.807) is 6.08 Å². The number of amides is 1. The third-order valence-electron chi connectivity index (χ3n) is 12.1. The van der Waals surface area contributed by atoms with Crippen molar-refractivity contribution < 1.29 is 59.0 Å². The first-order valence-corrected chi connectivity index (χ1v) is 27.2. The molecular formula is C51H94NO12P. The first kappa shape index (κ1) is 61.3. The Morgan fingerprint density at radius 1 is 0.538 bits per heavy atom. The second-order valence-electron chi connectivity index (χ2n) is 18.2. The monoisotopic (exact) mass is 944 g/mol. The average Bonchev–Trinajstić information content (AvgIpc) is 3.28. The highest BCUT2D eigenvalue weighted by Gasteiger charge is 2.51. The quantitative estimate of drug-likeness (QED) is 0.0158. The summed E-state index contributed by atoms with van der Waals surface area (Å²) in [5, 5.41) is 74.6. The van der Waals surface area contributed by atoms with Crippen LogP contribution < -0.4 is 5.32 Å². The molecule has 8 unspecified atom stereocenters. The molecule has 0 aliphatic heterocycles. The number of hydrogen-bond donors (Lipinski definition) is 9. The van der Waals surface area contributed by atoms with Crippen molar-refractivity contribution in [2.75, 3.05) is 6.61 Å². The van der Waals surface area contributed by atoms with Gasteiger partial charge in [0, 0.05) is 0 Å². The van der Waals surface area contributed by atoms with E-state index in [4.69, 9.17) is 9.05 Å². The zero-order chi connectivity index (χ0) is 48.0. The molecule has 65 heavy (non-hydrogen) atoms. The zero-order valence-corrected chi connectivity index (χ0v) is 41.3. The lowest BCUT2D eigenvalue weighted by molar-refractivity contribution is -0.220. The molecule has 14 heteroatoms. The maximum atomic E-state index is 13.0. The fourth-order valence-electron chi connectivity index (χ4n) is 7.91. The van der Waals surface area contributed by atoms with Crippen molar-refractivity contribution in [3.05, 3.63) is 48.6 Å². The summed E-state index contributed by atoms with van der Waals surface area (Å²) in [6.45, 7) is 3.73. The fourth-order valence-corrected chi connectivity index (χ4v) is 8.88. The molecule has 0 aromatic rings. The Balaban J connectivity index is 2.55. The number of allylic oxidation sites excluding steroid dienone is 7. The first-order valence-electron chi connectivity index (χ1n) is 25.7. The van der Waals surface area contributed by atoms with Gasteiger partial charge in [-0.05, 0) is 70.6 Å². The Kier molecular flexibility index (Phi) is 37.9. The van der Waals surface area contributed by atoms with Crippen LogP contribution in [-0.2, 0) is 18.4 Å². The van der Waals surface area contributed by atoms with Crippen molar-refractivity contribution in [1.82, 2.24) is 5.32 Å². The number of phosphoric acid groups is 1. The summed E-state index contributed by atoms with van der Waals surface area (Å²) in [5.74, 6) is -0.612. The van der Waals surface area contributed by atoms with Crippen LogP contribution in [0.25, 0.3) is 0 Å². The molecule has 1 aliphatic rings. The van der Waals surface area contributed by atoms with Crippen molar-refractivity contribution >= 4 is 13.7 Å². The molecule has 1 fully saturated rings. The molecule has 0 spiro atoms. The SMILES string of the molecule is CCCCCCCC/C=C\CCCCCCCC(O)CC(=O)NC(COP(=O)(O)OC1C(O)C(O)C(O)C(O)C1O)C(O)/C=C/CC/C=C/CC/C=C/CCCCCCCCCCCC. The lowest BCUT2D eigenvalue weighted by Crippen LogP contribution is -2.64. The van der Waals surface area contributed by atoms with E-state index < -0.39 is 75.2 Å². The van der Waals surface area contributed by atoms with Gasteiger partial charge < -0.3 is 46.0 Å². The second kappa shape index (κ2) is 40.2. The lowest BCUT2D eigenvalue weighted by atomic mass is 9.85. The minimum Gasteiger partial charge on any atom is -0.393 e. The molecular weight excluding hydrogens is 850 g/mol. The molecule has 1 amide bonds. The van der Waals surface area contributed by atoms with E-state index in [1.165, 1.54) is 109 Å². The van der Waals surface area contributed by atoms with Crippen LogP contribution in [0.3, 0.4) is 0 Å². The Morgan fingerprint density at radius 3 is 1.35 bits per heavy atom. The maximum Gasteiger partial charge on any atom is 0.472 e. The van der Waals surface area contributed by atoms with Crippen LogP contribution in [-0.4, -0.2) is 108 Å². The van der Waals surface area contributed by atoms with E-state index in [-0.39, 0.29) is 6.42 Å². The van der Waals surface area contributed by atoms with Crippen LogP contribution in [0, 0.1) is 0 Å². The van der Waals surface area contributed by atoms with Crippen molar-refractivity contribution in [3.63, 3.8) is 0 Å². The maximum absolute atomic E-state index is 13.0. The van der Waals surface area contributed by atoms with Gasteiger partial charge in [0.2, 0.25) is 5.91 Å². The van der Waals surface area contributed by atoms with E-state index in [0.717, 1.165) is 64.2 Å². The average molecular weight is 944 g/mol. The van der Waals surface area contributed by atoms with E-state index in [9.17, 15) is 50.0 Å². The van der Waals surface area contributed by atoms with E-state index in [1.807, 2.05) is 0 Å². The third-order valence-corrected chi connectivity index (χ3v) is 13.1. The van der Waals surface area contributed by atoms with Gasteiger partial charge >= 0.3 is 7.82 Å². The summed E-state index contributed by atoms with van der Waals surface area (Å²) in [4.78, 5) is 23.5. The molecule has 13 nitrogen and oxygen atoms in total. The van der Waals surface area contributed by atoms with Gasteiger partial charge in [-0.1, -0.05) is 178 Å². The zero-order valence-electron chi connectivity index (χ0n) is 40.4. The van der Waals surface area contributed by atoms with Gasteiger partial charge in [-0.3, -0.25) is 13.8 Å². The summed E-state index contributed by atoms with van der Waals surface area (Å²) < 4.78 is 22.9. The number of unbranched alkanes of at least 4 members (excludes halogenated alkanes) is 23. The van der Waals surface area contributed by atoms with Crippen molar-refractivity contribution in [3.8, 4) is 0 Å². The van der Waals surface area contributed by atoms with Gasteiger partial charge in [-0.2, -0.15) is 0 Å². The van der Waals surface area contributed by atoms with Crippen LogP contribution >= 0.6 is 7.82 Å². The normalized spacial score (nSPS) is 22.9.